The monoisotopic (exact) mass is 442 g/mol. The normalized spacial score (nSPS) is 23.9. The van der Waals surface area contributed by atoms with Crippen molar-refractivity contribution in [3.63, 3.8) is 0 Å². The second kappa shape index (κ2) is 10.6. The molecule has 1 saturated heterocycles. The topological polar surface area (TPSA) is 69.9 Å². The van der Waals surface area contributed by atoms with Gasteiger partial charge >= 0.3 is 0 Å². The fraction of sp³-hybridized carbons (Fsp3) is 0.619. The minimum Gasteiger partial charge on any atom is -0.340 e. The van der Waals surface area contributed by atoms with Crippen molar-refractivity contribution in [2.24, 2.45) is 17.6 Å². The Morgan fingerprint density at radius 3 is 2.45 bits per heavy atom. The van der Waals surface area contributed by atoms with Crippen LogP contribution in [0, 0.1) is 11.8 Å². The molecule has 1 saturated carbocycles. The van der Waals surface area contributed by atoms with Gasteiger partial charge < -0.3 is 15.5 Å². The van der Waals surface area contributed by atoms with E-state index in [1.165, 1.54) is 5.56 Å². The molecular formula is C21H32Cl2N4O2. The summed E-state index contributed by atoms with van der Waals surface area (Å²) in [5.41, 5.74) is 8.16. The van der Waals surface area contributed by atoms with E-state index < -0.39 is 0 Å². The van der Waals surface area contributed by atoms with Crippen molar-refractivity contribution in [2.45, 2.75) is 25.7 Å². The summed E-state index contributed by atoms with van der Waals surface area (Å²) in [4.78, 5) is 31.7. The molecule has 0 aromatic heterocycles. The van der Waals surface area contributed by atoms with E-state index in [4.69, 9.17) is 5.73 Å². The Kier molecular flexibility index (Phi) is 8.76. The van der Waals surface area contributed by atoms with E-state index in [9.17, 15) is 9.59 Å². The molecule has 0 unspecified atom stereocenters. The molecule has 0 radical (unpaired) electrons. The second-order valence-corrected chi connectivity index (χ2v) is 8.06. The van der Waals surface area contributed by atoms with E-state index in [-0.39, 0.29) is 42.5 Å². The SMILES string of the molecule is Cl.Cl.NC[C@H]1CCC[C@H]1C(=O)N1CCN(CC(=O)N2CCc3ccccc32)CC1. The fourth-order valence-corrected chi connectivity index (χ4v) is 4.88. The first-order valence-corrected chi connectivity index (χ1v) is 10.3. The molecular weight excluding hydrogens is 411 g/mol. The number of carbonyl (C=O) groups is 2. The number of anilines is 1. The highest BCUT2D eigenvalue weighted by Gasteiger charge is 2.36. The van der Waals surface area contributed by atoms with Crippen LogP contribution < -0.4 is 10.6 Å². The highest BCUT2D eigenvalue weighted by molar-refractivity contribution is 5.96. The lowest BCUT2D eigenvalue weighted by atomic mass is 9.94. The van der Waals surface area contributed by atoms with E-state index in [2.05, 4.69) is 11.0 Å². The fourth-order valence-electron chi connectivity index (χ4n) is 4.88. The van der Waals surface area contributed by atoms with Gasteiger partial charge in [-0.3, -0.25) is 14.5 Å². The van der Waals surface area contributed by atoms with Crippen LogP contribution in [0.15, 0.2) is 24.3 Å². The summed E-state index contributed by atoms with van der Waals surface area (Å²) in [6.07, 6.45) is 4.12. The highest BCUT2D eigenvalue weighted by Crippen LogP contribution is 2.32. The van der Waals surface area contributed by atoms with Crippen molar-refractivity contribution in [3.8, 4) is 0 Å². The van der Waals surface area contributed by atoms with Crippen LogP contribution in [0.2, 0.25) is 0 Å². The molecule has 8 heteroatoms. The number of fused-ring (bicyclic) bond motifs is 1. The van der Waals surface area contributed by atoms with E-state index in [0.29, 0.717) is 19.0 Å². The zero-order chi connectivity index (χ0) is 18.8. The Hall–Kier alpha value is -1.34. The van der Waals surface area contributed by atoms with Gasteiger partial charge in [-0.25, -0.2) is 0 Å². The van der Waals surface area contributed by atoms with Crippen molar-refractivity contribution in [1.29, 1.82) is 0 Å². The number of rotatable bonds is 4. The molecule has 162 valence electrons. The third kappa shape index (κ3) is 5.05. The Morgan fingerprint density at radius 1 is 1.00 bits per heavy atom. The van der Waals surface area contributed by atoms with Gasteiger partial charge in [-0.05, 0) is 43.4 Å². The van der Waals surface area contributed by atoms with Gasteiger partial charge in [0.2, 0.25) is 11.8 Å². The van der Waals surface area contributed by atoms with Gasteiger partial charge in [-0.2, -0.15) is 0 Å². The molecule has 3 aliphatic rings. The Bertz CT molecular complexity index is 710. The van der Waals surface area contributed by atoms with Gasteiger partial charge in [0.25, 0.3) is 0 Å². The molecule has 1 aliphatic carbocycles. The molecule has 2 heterocycles. The van der Waals surface area contributed by atoms with E-state index >= 15 is 0 Å². The summed E-state index contributed by atoms with van der Waals surface area (Å²) in [7, 11) is 0. The molecule has 2 atom stereocenters. The largest absolute Gasteiger partial charge is 0.340 e. The maximum Gasteiger partial charge on any atom is 0.241 e. The lowest BCUT2D eigenvalue weighted by Crippen LogP contribution is -2.53. The second-order valence-electron chi connectivity index (χ2n) is 8.06. The molecule has 2 amide bonds. The number of hydrogen-bond acceptors (Lipinski definition) is 4. The molecule has 1 aromatic rings. The first-order valence-electron chi connectivity index (χ1n) is 10.3. The number of piperazine rings is 1. The Labute approximate surface area is 185 Å². The Morgan fingerprint density at radius 2 is 1.72 bits per heavy atom. The van der Waals surface area contributed by atoms with E-state index in [1.54, 1.807) is 0 Å². The minimum atomic E-state index is 0. The van der Waals surface area contributed by atoms with Crippen LogP contribution in [-0.4, -0.2) is 67.4 Å². The maximum absolute atomic E-state index is 12.8. The number of halogens is 2. The summed E-state index contributed by atoms with van der Waals surface area (Å²) < 4.78 is 0. The Balaban J connectivity index is 0.00000150. The molecule has 0 bridgehead atoms. The van der Waals surface area contributed by atoms with Gasteiger partial charge in [0.05, 0.1) is 6.54 Å². The highest BCUT2D eigenvalue weighted by atomic mass is 35.5. The minimum absolute atomic E-state index is 0. The molecule has 1 aromatic carbocycles. The summed E-state index contributed by atoms with van der Waals surface area (Å²) >= 11 is 0. The number of carbonyl (C=O) groups excluding carboxylic acids is 2. The van der Waals surface area contributed by atoms with Crippen LogP contribution in [0.25, 0.3) is 0 Å². The molecule has 6 nitrogen and oxygen atoms in total. The molecule has 2 N–H and O–H groups in total. The van der Waals surface area contributed by atoms with Crippen molar-refractivity contribution in [1.82, 2.24) is 9.80 Å². The molecule has 2 aliphatic heterocycles. The van der Waals surface area contributed by atoms with Crippen molar-refractivity contribution in [3.05, 3.63) is 29.8 Å². The molecule has 0 spiro atoms. The van der Waals surface area contributed by atoms with Gasteiger partial charge in [-0.1, -0.05) is 24.6 Å². The lowest BCUT2D eigenvalue weighted by molar-refractivity contribution is -0.138. The number of nitrogens with two attached hydrogens (primary N) is 1. The van der Waals surface area contributed by atoms with Crippen LogP contribution in [0.5, 0.6) is 0 Å². The lowest BCUT2D eigenvalue weighted by Gasteiger charge is -2.37. The number of amides is 2. The number of benzene rings is 1. The van der Waals surface area contributed by atoms with E-state index in [1.807, 2.05) is 28.0 Å². The van der Waals surface area contributed by atoms with Crippen molar-refractivity contribution >= 4 is 42.3 Å². The van der Waals surface area contributed by atoms with Crippen molar-refractivity contribution in [2.75, 3.05) is 50.7 Å². The predicted molar refractivity (Wildman–Crippen MR) is 120 cm³/mol. The number of para-hydroxylation sites is 1. The quantitative estimate of drug-likeness (QED) is 0.773. The van der Waals surface area contributed by atoms with E-state index in [0.717, 1.165) is 64.1 Å². The first-order chi connectivity index (χ1) is 13.2. The zero-order valence-corrected chi connectivity index (χ0v) is 18.4. The third-order valence-corrected chi connectivity index (χ3v) is 6.51. The summed E-state index contributed by atoms with van der Waals surface area (Å²) in [6.45, 7) is 4.80. The average molecular weight is 443 g/mol. The zero-order valence-electron chi connectivity index (χ0n) is 16.8. The van der Waals surface area contributed by atoms with Crippen LogP contribution in [0.3, 0.4) is 0 Å². The van der Waals surface area contributed by atoms with Gasteiger partial charge in [0, 0.05) is 44.3 Å². The third-order valence-electron chi connectivity index (χ3n) is 6.51. The van der Waals surface area contributed by atoms with Crippen LogP contribution >= 0.6 is 24.8 Å². The van der Waals surface area contributed by atoms with Gasteiger partial charge in [0.1, 0.15) is 0 Å². The maximum atomic E-state index is 12.8. The smallest absolute Gasteiger partial charge is 0.241 e. The van der Waals surface area contributed by atoms with Gasteiger partial charge in [0.15, 0.2) is 0 Å². The van der Waals surface area contributed by atoms with Crippen LogP contribution in [-0.2, 0) is 16.0 Å². The van der Waals surface area contributed by atoms with Gasteiger partial charge in [-0.15, -0.1) is 24.8 Å². The number of hydrogen-bond donors (Lipinski definition) is 1. The van der Waals surface area contributed by atoms with Crippen LogP contribution in [0.1, 0.15) is 24.8 Å². The standard InChI is InChI=1S/C21H30N4O2.2ClH/c22-14-17-5-3-6-18(17)21(27)24-12-10-23(11-13-24)15-20(26)25-9-8-16-4-1-2-7-19(16)25;;/h1-2,4,7,17-18H,3,5-6,8-15,22H2;2*1H/t17-,18-;;/m1../s1. The van der Waals surface area contributed by atoms with Crippen molar-refractivity contribution < 1.29 is 9.59 Å². The average Bonchev–Trinajstić information content (AvgIpc) is 3.34. The van der Waals surface area contributed by atoms with Crippen LogP contribution in [0.4, 0.5) is 5.69 Å². The molecule has 4 rings (SSSR count). The summed E-state index contributed by atoms with van der Waals surface area (Å²) in [5, 5.41) is 0. The number of nitrogens with zero attached hydrogens (tertiary/aromatic N) is 3. The first kappa shape index (κ1) is 23.9. The summed E-state index contributed by atoms with van der Waals surface area (Å²) in [5.74, 6) is 0.915. The molecule has 29 heavy (non-hydrogen) atoms. The molecule has 2 fully saturated rings. The summed E-state index contributed by atoms with van der Waals surface area (Å²) in [6, 6.07) is 8.16. The predicted octanol–water partition coefficient (Wildman–Crippen LogP) is 1.94.